The van der Waals surface area contributed by atoms with Crippen LogP contribution in [0.25, 0.3) is 0 Å². The fourth-order valence-electron chi connectivity index (χ4n) is 2.48. The lowest BCUT2D eigenvalue weighted by Crippen LogP contribution is -2.64. The summed E-state index contributed by atoms with van der Waals surface area (Å²) >= 11 is 0. The maximum Gasteiger partial charge on any atom is 0.245 e. The Kier molecular flexibility index (Phi) is 2.64. The molecule has 1 aromatic carbocycles. The second-order valence-electron chi connectivity index (χ2n) is 5.33. The summed E-state index contributed by atoms with van der Waals surface area (Å²) < 4.78 is 38.9. The average molecular weight is 286 g/mol. The van der Waals surface area contributed by atoms with Crippen molar-refractivity contribution in [3.05, 3.63) is 24.0 Å². The lowest BCUT2D eigenvalue weighted by atomic mass is 9.91. The summed E-state index contributed by atoms with van der Waals surface area (Å²) in [6.45, 7) is 0.131. The van der Waals surface area contributed by atoms with Crippen LogP contribution in [-0.2, 0) is 10.0 Å². The molecule has 3 rings (SSSR count). The largest absolute Gasteiger partial charge is 0.398 e. The van der Waals surface area contributed by atoms with Crippen molar-refractivity contribution < 1.29 is 17.9 Å². The van der Waals surface area contributed by atoms with Crippen LogP contribution >= 0.6 is 0 Å². The number of halogens is 1. The lowest BCUT2D eigenvalue weighted by Gasteiger charge is -2.45. The molecule has 5 nitrogen and oxygen atoms in total. The highest BCUT2D eigenvalue weighted by molar-refractivity contribution is 7.89. The van der Waals surface area contributed by atoms with Gasteiger partial charge in [0.25, 0.3) is 0 Å². The number of sulfonamides is 1. The molecule has 1 heterocycles. The summed E-state index contributed by atoms with van der Waals surface area (Å²) in [6.07, 6.45) is 1.87. The molecule has 2 fully saturated rings. The van der Waals surface area contributed by atoms with Crippen molar-refractivity contribution in [1.82, 2.24) is 4.31 Å². The second kappa shape index (κ2) is 3.91. The van der Waals surface area contributed by atoms with Gasteiger partial charge in [-0.1, -0.05) is 0 Å². The Morgan fingerprint density at radius 2 is 2.00 bits per heavy atom. The van der Waals surface area contributed by atoms with Gasteiger partial charge in [-0.05, 0) is 37.0 Å². The number of nitrogen functional groups attached to an aromatic ring is 1. The third-order valence-electron chi connectivity index (χ3n) is 3.83. The molecule has 19 heavy (non-hydrogen) atoms. The standard InChI is InChI=1S/C12H15FN2O3S/c13-9-3-4-10(14)11(5-9)19(17,18)15-6-12(16,7-15)8-1-2-8/h3-5,8,16H,1-2,6-7,14H2. The van der Waals surface area contributed by atoms with Gasteiger partial charge >= 0.3 is 0 Å². The summed E-state index contributed by atoms with van der Waals surface area (Å²) in [5.41, 5.74) is 4.71. The maximum absolute atomic E-state index is 13.2. The van der Waals surface area contributed by atoms with Crippen molar-refractivity contribution in [2.75, 3.05) is 18.8 Å². The number of anilines is 1. The molecule has 1 saturated carbocycles. The molecule has 1 saturated heterocycles. The lowest BCUT2D eigenvalue weighted by molar-refractivity contribution is -0.0764. The van der Waals surface area contributed by atoms with E-state index in [9.17, 15) is 17.9 Å². The van der Waals surface area contributed by atoms with Crippen molar-refractivity contribution in [3.63, 3.8) is 0 Å². The number of nitrogens with zero attached hydrogens (tertiary/aromatic N) is 1. The van der Waals surface area contributed by atoms with Crippen LogP contribution in [0, 0.1) is 11.7 Å². The topological polar surface area (TPSA) is 83.6 Å². The van der Waals surface area contributed by atoms with Gasteiger partial charge in [0.15, 0.2) is 0 Å². The third-order valence-corrected chi connectivity index (χ3v) is 5.68. The predicted molar refractivity (Wildman–Crippen MR) is 67.2 cm³/mol. The van der Waals surface area contributed by atoms with Gasteiger partial charge < -0.3 is 10.8 Å². The van der Waals surface area contributed by atoms with E-state index >= 15 is 0 Å². The highest BCUT2D eigenvalue weighted by Crippen LogP contribution is 2.46. The third kappa shape index (κ3) is 2.01. The van der Waals surface area contributed by atoms with E-state index in [0.717, 1.165) is 29.3 Å². The number of aliphatic hydroxyl groups is 1. The van der Waals surface area contributed by atoms with E-state index < -0.39 is 21.4 Å². The van der Waals surface area contributed by atoms with Crippen molar-refractivity contribution >= 4 is 15.7 Å². The monoisotopic (exact) mass is 286 g/mol. The van der Waals surface area contributed by atoms with Gasteiger partial charge in [0.1, 0.15) is 10.7 Å². The zero-order valence-electron chi connectivity index (χ0n) is 10.2. The van der Waals surface area contributed by atoms with Gasteiger partial charge in [-0.2, -0.15) is 4.31 Å². The zero-order valence-corrected chi connectivity index (χ0v) is 11.0. The van der Waals surface area contributed by atoms with E-state index in [-0.39, 0.29) is 29.6 Å². The fourth-order valence-corrected chi connectivity index (χ4v) is 4.18. The van der Waals surface area contributed by atoms with E-state index in [1.54, 1.807) is 0 Å². The highest BCUT2D eigenvalue weighted by atomic mass is 32.2. The van der Waals surface area contributed by atoms with E-state index in [4.69, 9.17) is 5.73 Å². The van der Waals surface area contributed by atoms with Crippen molar-refractivity contribution in [2.24, 2.45) is 5.92 Å². The second-order valence-corrected chi connectivity index (χ2v) is 7.24. The normalized spacial score (nSPS) is 23.1. The molecule has 0 radical (unpaired) electrons. The number of hydrogen-bond acceptors (Lipinski definition) is 4. The van der Waals surface area contributed by atoms with Crippen LogP contribution in [0.5, 0.6) is 0 Å². The first-order valence-electron chi connectivity index (χ1n) is 6.10. The van der Waals surface area contributed by atoms with Gasteiger partial charge in [-0.25, -0.2) is 12.8 Å². The zero-order chi connectivity index (χ0) is 13.8. The number of hydrogen-bond donors (Lipinski definition) is 2. The maximum atomic E-state index is 13.2. The minimum atomic E-state index is -3.82. The SMILES string of the molecule is Nc1ccc(F)cc1S(=O)(=O)N1CC(O)(C2CC2)C1. The van der Waals surface area contributed by atoms with E-state index in [1.807, 2.05) is 0 Å². The van der Waals surface area contributed by atoms with Gasteiger partial charge in [-0.15, -0.1) is 0 Å². The molecule has 7 heteroatoms. The molecule has 0 atom stereocenters. The van der Waals surface area contributed by atoms with Crippen LogP contribution < -0.4 is 5.73 Å². The molecule has 104 valence electrons. The molecule has 0 spiro atoms. The summed E-state index contributed by atoms with van der Waals surface area (Å²) in [5.74, 6) is -0.449. The van der Waals surface area contributed by atoms with Gasteiger partial charge in [0, 0.05) is 13.1 Å². The van der Waals surface area contributed by atoms with Crippen LogP contribution in [0.3, 0.4) is 0 Å². The van der Waals surface area contributed by atoms with Crippen molar-refractivity contribution in [2.45, 2.75) is 23.3 Å². The molecule has 1 aromatic rings. The summed E-state index contributed by atoms with van der Waals surface area (Å²) in [5, 5.41) is 10.1. The first-order valence-corrected chi connectivity index (χ1v) is 7.54. The van der Waals surface area contributed by atoms with Crippen molar-refractivity contribution in [3.8, 4) is 0 Å². The molecular weight excluding hydrogens is 271 g/mol. The van der Waals surface area contributed by atoms with Crippen LogP contribution in [0.2, 0.25) is 0 Å². The molecule has 0 bridgehead atoms. The smallest absolute Gasteiger partial charge is 0.245 e. The van der Waals surface area contributed by atoms with Crippen LogP contribution in [-0.4, -0.2) is 36.5 Å². The minimum absolute atomic E-state index is 0.0169. The Labute approximate surface area is 110 Å². The highest BCUT2D eigenvalue weighted by Gasteiger charge is 2.55. The Bertz CT molecular complexity index is 622. The number of rotatable bonds is 3. The summed E-state index contributed by atoms with van der Waals surface area (Å²) in [6, 6.07) is 3.26. The van der Waals surface area contributed by atoms with E-state index in [2.05, 4.69) is 0 Å². The average Bonchev–Trinajstić information content (AvgIpc) is 3.12. The fraction of sp³-hybridized carbons (Fsp3) is 0.500. The summed E-state index contributed by atoms with van der Waals surface area (Å²) in [4.78, 5) is -0.231. The number of benzene rings is 1. The number of nitrogens with two attached hydrogens (primary N) is 1. The van der Waals surface area contributed by atoms with Crippen LogP contribution in [0.4, 0.5) is 10.1 Å². The molecule has 0 unspecified atom stereocenters. The molecule has 1 aliphatic carbocycles. The van der Waals surface area contributed by atoms with Crippen LogP contribution in [0.15, 0.2) is 23.1 Å². The van der Waals surface area contributed by atoms with E-state index in [0.29, 0.717) is 0 Å². The van der Waals surface area contributed by atoms with Gasteiger partial charge in [-0.3, -0.25) is 0 Å². The molecule has 2 aliphatic rings. The molecule has 3 N–H and O–H groups in total. The van der Waals surface area contributed by atoms with Gasteiger partial charge in [0.05, 0.1) is 11.3 Å². The van der Waals surface area contributed by atoms with Gasteiger partial charge in [0.2, 0.25) is 10.0 Å². The first-order chi connectivity index (χ1) is 8.83. The van der Waals surface area contributed by atoms with E-state index in [1.165, 1.54) is 6.07 Å². The quantitative estimate of drug-likeness (QED) is 0.795. The first kappa shape index (κ1) is 12.8. The molecular formula is C12H15FN2O3S. The van der Waals surface area contributed by atoms with Crippen molar-refractivity contribution in [1.29, 1.82) is 0 Å². The Morgan fingerprint density at radius 1 is 1.37 bits per heavy atom. The minimum Gasteiger partial charge on any atom is -0.398 e. The predicted octanol–water partition coefficient (Wildman–Crippen LogP) is 0.553. The number of β-amino-alcohol motifs (C(OH)–C–C–N with tert-alkyl or cyclic N) is 1. The Balaban J connectivity index is 1.86. The molecule has 0 amide bonds. The Morgan fingerprint density at radius 3 is 2.58 bits per heavy atom. The summed E-state index contributed by atoms with van der Waals surface area (Å²) in [7, 11) is -3.82. The Hall–Kier alpha value is -1.18. The molecule has 1 aliphatic heterocycles. The molecule has 0 aromatic heterocycles. The van der Waals surface area contributed by atoms with Crippen LogP contribution in [0.1, 0.15) is 12.8 Å².